The average molecular weight is 650 g/mol. The van der Waals surface area contributed by atoms with Crippen LogP contribution in [0.4, 0.5) is 0 Å². The molecule has 0 aliphatic carbocycles. The Morgan fingerprint density at radius 1 is 1.02 bits per heavy atom. The van der Waals surface area contributed by atoms with Gasteiger partial charge in [0.2, 0.25) is 5.91 Å². The SMILES string of the molecule is CCC(=O)O[C@@H]1CC/C=C/c2ccc3ccc(nc3c2)[C@@H](C)NC(=O)[C@@H]2CCCN(N2)C(=O)[C@H](C)NC(=O)[C@H](C(C)C)OC(=O)CC1. The van der Waals surface area contributed by atoms with Gasteiger partial charge in [-0.15, -0.1) is 0 Å². The molecule has 12 heteroatoms. The fourth-order valence-corrected chi connectivity index (χ4v) is 5.61. The first-order valence-electron chi connectivity index (χ1n) is 16.6. The Balaban J connectivity index is 1.59. The highest BCUT2D eigenvalue weighted by molar-refractivity contribution is 5.91. The van der Waals surface area contributed by atoms with E-state index in [-0.39, 0.29) is 43.1 Å². The lowest BCUT2D eigenvalue weighted by molar-refractivity contribution is -0.161. The molecule has 1 fully saturated rings. The van der Waals surface area contributed by atoms with Crippen LogP contribution in [0.25, 0.3) is 17.0 Å². The second-order valence-corrected chi connectivity index (χ2v) is 12.6. The van der Waals surface area contributed by atoms with Crippen molar-refractivity contribution in [3.63, 3.8) is 0 Å². The highest BCUT2D eigenvalue weighted by Gasteiger charge is 2.34. The minimum absolute atomic E-state index is 0.0470. The van der Waals surface area contributed by atoms with Crippen LogP contribution in [0.5, 0.6) is 0 Å². The number of nitrogens with one attached hydrogen (secondary N) is 3. The number of allylic oxidation sites excluding steroid dienone is 1. The number of nitrogens with zero attached hydrogens (tertiary/aromatic N) is 2. The van der Waals surface area contributed by atoms with E-state index in [9.17, 15) is 24.0 Å². The van der Waals surface area contributed by atoms with Crippen LogP contribution in [-0.4, -0.2) is 70.5 Å². The molecule has 0 radical (unpaired) electrons. The molecule has 1 aromatic carbocycles. The highest BCUT2D eigenvalue weighted by Crippen LogP contribution is 2.21. The van der Waals surface area contributed by atoms with Gasteiger partial charge in [0.05, 0.1) is 17.3 Å². The van der Waals surface area contributed by atoms with Crippen molar-refractivity contribution in [3.05, 3.63) is 47.7 Å². The molecule has 1 saturated heterocycles. The number of fused-ring (bicyclic) bond motifs is 4. The van der Waals surface area contributed by atoms with Crippen molar-refractivity contribution in [3.8, 4) is 0 Å². The van der Waals surface area contributed by atoms with Crippen molar-refractivity contribution < 1.29 is 33.4 Å². The largest absolute Gasteiger partial charge is 0.462 e. The summed E-state index contributed by atoms with van der Waals surface area (Å²) in [5.74, 6) is -2.58. The molecule has 3 N–H and O–H groups in total. The van der Waals surface area contributed by atoms with Gasteiger partial charge in [-0.2, -0.15) is 0 Å². The van der Waals surface area contributed by atoms with Gasteiger partial charge in [0.15, 0.2) is 6.10 Å². The molecule has 0 unspecified atom stereocenters. The van der Waals surface area contributed by atoms with E-state index in [0.29, 0.717) is 37.9 Å². The third kappa shape index (κ3) is 9.84. The second-order valence-electron chi connectivity index (χ2n) is 12.6. The van der Waals surface area contributed by atoms with Gasteiger partial charge in [-0.25, -0.2) is 5.43 Å². The van der Waals surface area contributed by atoms with Gasteiger partial charge in [0, 0.05) is 24.8 Å². The van der Waals surface area contributed by atoms with Gasteiger partial charge in [0.25, 0.3) is 11.8 Å². The Morgan fingerprint density at radius 2 is 1.77 bits per heavy atom. The number of carbonyl (C=O) groups excluding carboxylic acids is 5. The Bertz CT molecular complexity index is 1490. The van der Waals surface area contributed by atoms with Crippen molar-refractivity contribution in [2.24, 2.45) is 5.92 Å². The Kier molecular flexibility index (Phi) is 12.5. The summed E-state index contributed by atoms with van der Waals surface area (Å²) in [6, 6.07) is 7.84. The number of esters is 2. The van der Waals surface area contributed by atoms with Crippen LogP contribution >= 0.6 is 0 Å². The highest BCUT2D eigenvalue weighted by atomic mass is 16.6. The number of amides is 3. The molecule has 1 aromatic heterocycles. The third-order valence-corrected chi connectivity index (χ3v) is 8.38. The quantitative estimate of drug-likeness (QED) is 0.420. The number of ether oxygens (including phenoxy) is 2. The first kappa shape index (κ1) is 35.5. The number of hydrazine groups is 1. The molecule has 254 valence electrons. The van der Waals surface area contributed by atoms with E-state index >= 15 is 0 Å². The lowest BCUT2D eigenvalue weighted by Gasteiger charge is -2.35. The second kappa shape index (κ2) is 16.5. The zero-order valence-electron chi connectivity index (χ0n) is 27.9. The average Bonchev–Trinajstić information content (AvgIpc) is 3.06. The van der Waals surface area contributed by atoms with Crippen LogP contribution in [0.2, 0.25) is 0 Å². The summed E-state index contributed by atoms with van der Waals surface area (Å²) in [6.45, 7) is 9.00. The smallest absolute Gasteiger partial charge is 0.306 e. The monoisotopic (exact) mass is 649 g/mol. The summed E-state index contributed by atoms with van der Waals surface area (Å²) in [4.78, 5) is 69.6. The topological polar surface area (TPSA) is 156 Å². The molecule has 2 aliphatic heterocycles. The Labute approximate surface area is 276 Å². The maximum Gasteiger partial charge on any atom is 0.306 e. The molecule has 47 heavy (non-hydrogen) atoms. The fraction of sp³-hybridized carbons (Fsp3) is 0.543. The molecular formula is C35H47N5O7. The van der Waals surface area contributed by atoms with Crippen molar-refractivity contribution in [1.29, 1.82) is 0 Å². The van der Waals surface area contributed by atoms with E-state index in [4.69, 9.17) is 14.5 Å². The van der Waals surface area contributed by atoms with Gasteiger partial charge >= 0.3 is 11.9 Å². The number of hydrogen-bond donors (Lipinski definition) is 3. The van der Waals surface area contributed by atoms with Gasteiger partial charge in [0.1, 0.15) is 18.2 Å². The van der Waals surface area contributed by atoms with Crippen LogP contribution < -0.4 is 16.1 Å². The zero-order valence-corrected chi connectivity index (χ0v) is 27.9. The van der Waals surface area contributed by atoms with E-state index in [2.05, 4.69) is 16.1 Å². The molecule has 2 aromatic rings. The molecule has 4 rings (SSSR count). The molecule has 12 nitrogen and oxygen atoms in total. The Morgan fingerprint density at radius 3 is 2.51 bits per heavy atom. The lowest BCUT2D eigenvalue weighted by atomic mass is 10.0. The maximum absolute atomic E-state index is 13.3. The van der Waals surface area contributed by atoms with Crippen LogP contribution in [0.1, 0.15) is 96.9 Å². The fourth-order valence-electron chi connectivity index (χ4n) is 5.61. The predicted molar refractivity (Wildman–Crippen MR) is 176 cm³/mol. The van der Waals surface area contributed by atoms with Gasteiger partial charge in [-0.05, 0) is 69.6 Å². The summed E-state index contributed by atoms with van der Waals surface area (Å²) in [6.07, 6.45) is 4.98. The summed E-state index contributed by atoms with van der Waals surface area (Å²) in [7, 11) is 0. The summed E-state index contributed by atoms with van der Waals surface area (Å²) < 4.78 is 11.2. The van der Waals surface area contributed by atoms with Gasteiger partial charge < -0.3 is 20.1 Å². The number of benzene rings is 1. The molecule has 2 aliphatic rings. The number of pyridine rings is 1. The van der Waals surface area contributed by atoms with Crippen LogP contribution in [0, 0.1) is 5.92 Å². The predicted octanol–water partition coefficient (Wildman–Crippen LogP) is 3.89. The minimum Gasteiger partial charge on any atom is -0.462 e. The number of rotatable bonds is 3. The molecular weight excluding hydrogens is 602 g/mol. The molecule has 5 atom stereocenters. The lowest BCUT2D eigenvalue weighted by Crippen LogP contribution is -2.61. The first-order valence-corrected chi connectivity index (χ1v) is 16.6. The van der Waals surface area contributed by atoms with Crippen molar-refractivity contribution in [1.82, 2.24) is 26.1 Å². The van der Waals surface area contributed by atoms with E-state index in [1.807, 2.05) is 49.4 Å². The summed E-state index contributed by atoms with van der Waals surface area (Å²) >= 11 is 0. The van der Waals surface area contributed by atoms with Crippen LogP contribution in [0.3, 0.4) is 0 Å². The van der Waals surface area contributed by atoms with E-state index in [1.54, 1.807) is 27.7 Å². The molecule has 0 saturated carbocycles. The molecule has 3 heterocycles. The van der Waals surface area contributed by atoms with E-state index < -0.39 is 42.1 Å². The first-order chi connectivity index (χ1) is 22.4. The van der Waals surface area contributed by atoms with Crippen LogP contribution in [-0.2, 0) is 33.4 Å². The van der Waals surface area contributed by atoms with Gasteiger partial charge in [-0.1, -0.05) is 51.1 Å². The number of cyclic esters (lactones) is 1. The third-order valence-electron chi connectivity index (χ3n) is 8.38. The minimum atomic E-state index is -1.12. The normalized spacial score (nSPS) is 26.3. The van der Waals surface area contributed by atoms with E-state index in [1.165, 1.54) is 5.01 Å². The molecule has 0 spiro atoms. The van der Waals surface area contributed by atoms with Gasteiger partial charge in [-0.3, -0.25) is 34.0 Å². The van der Waals surface area contributed by atoms with E-state index in [0.717, 1.165) is 16.5 Å². The van der Waals surface area contributed by atoms with Crippen molar-refractivity contribution in [2.75, 3.05) is 6.54 Å². The number of carbonyl (C=O) groups is 5. The Hall–Kier alpha value is -4.32. The van der Waals surface area contributed by atoms with Crippen molar-refractivity contribution >= 4 is 46.6 Å². The molecule has 5 bridgehead atoms. The standard InChI is InChI=1S/C35H47N5O7/c1-6-30(41)46-26-11-8-7-10-24-13-14-25-15-17-27(38-29(25)20-24)22(4)36-33(43)28-12-9-19-40(39-28)35(45)23(5)37-34(44)32(21(2)3)47-31(42)18-16-26/h7,10,13-15,17,20-23,26,28,32,39H,6,8-9,11-12,16,18-19H2,1-5H3,(H,36,43)(H,37,44)/b10-7+/t22-,23+,26-,28+,32+/m1/s1. The van der Waals surface area contributed by atoms with Crippen LogP contribution in [0.15, 0.2) is 36.4 Å². The summed E-state index contributed by atoms with van der Waals surface area (Å²) in [5, 5.41) is 8.02. The number of hydrogen-bond acceptors (Lipinski definition) is 9. The molecule has 3 amide bonds. The maximum atomic E-state index is 13.3. The van der Waals surface area contributed by atoms with Crippen molar-refractivity contribution in [2.45, 2.75) is 110 Å². The zero-order chi connectivity index (χ0) is 34.1. The summed E-state index contributed by atoms with van der Waals surface area (Å²) in [5.41, 5.74) is 5.45. The number of aromatic nitrogens is 1.